The van der Waals surface area contributed by atoms with Crippen LogP contribution in [-0.4, -0.2) is 31.0 Å². The minimum atomic E-state index is -1.01. The van der Waals surface area contributed by atoms with Gasteiger partial charge in [0.15, 0.2) is 6.10 Å². The van der Waals surface area contributed by atoms with Crippen molar-refractivity contribution in [1.82, 2.24) is 0 Å². The summed E-state index contributed by atoms with van der Waals surface area (Å²) >= 11 is 0. The lowest BCUT2D eigenvalue weighted by atomic mass is 9.90. The molecule has 2 aliphatic heterocycles. The average molecular weight is 521 g/mol. The van der Waals surface area contributed by atoms with Crippen molar-refractivity contribution >= 4 is 29.2 Å². The van der Waals surface area contributed by atoms with Gasteiger partial charge in [0, 0.05) is 0 Å². The highest BCUT2D eigenvalue weighted by atomic mass is 16.7. The highest BCUT2D eigenvalue weighted by Crippen LogP contribution is 2.48. The van der Waals surface area contributed by atoms with Gasteiger partial charge in [-0.05, 0) is 54.1 Å². The van der Waals surface area contributed by atoms with Gasteiger partial charge >= 0.3 is 5.97 Å². The normalized spacial score (nSPS) is 20.2. The zero-order valence-electron chi connectivity index (χ0n) is 21.0. The van der Waals surface area contributed by atoms with Crippen molar-refractivity contribution in [2.75, 3.05) is 17.1 Å². The van der Waals surface area contributed by atoms with Gasteiger partial charge in [-0.2, -0.15) is 0 Å². The molecule has 0 bridgehead atoms. The third kappa shape index (κ3) is 4.30. The predicted molar refractivity (Wildman–Crippen MR) is 143 cm³/mol. The van der Waals surface area contributed by atoms with Gasteiger partial charge in [0.2, 0.25) is 5.91 Å². The summed E-state index contributed by atoms with van der Waals surface area (Å²) in [7, 11) is 1.49. The van der Waals surface area contributed by atoms with E-state index in [2.05, 4.69) is 0 Å². The van der Waals surface area contributed by atoms with Crippen LogP contribution in [0, 0.1) is 5.92 Å². The number of anilines is 2. The highest BCUT2D eigenvalue weighted by molar-refractivity contribution is 6.24. The molecule has 2 amide bonds. The molecule has 3 atom stereocenters. The second-order valence-electron chi connectivity index (χ2n) is 9.17. The molecule has 6 rings (SSSR count). The van der Waals surface area contributed by atoms with Crippen molar-refractivity contribution in [3.05, 3.63) is 120 Å². The Kier molecular flexibility index (Phi) is 6.30. The third-order valence-corrected chi connectivity index (χ3v) is 6.89. The Morgan fingerprint density at radius 3 is 2.10 bits per heavy atom. The molecule has 0 spiro atoms. The predicted octanol–water partition coefficient (Wildman–Crippen LogP) is 4.97. The fourth-order valence-corrected chi connectivity index (χ4v) is 5.08. The molecule has 8 nitrogen and oxygen atoms in total. The number of rotatable bonds is 6. The van der Waals surface area contributed by atoms with Crippen LogP contribution >= 0.6 is 0 Å². The first-order valence-electron chi connectivity index (χ1n) is 12.5. The number of nitrogens with zero attached hydrogens (tertiary/aromatic N) is 2. The van der Waals surface area contributed by atoms with Crippen molar-refractivity contribution in [2.45, 2.75) is 12.1 Å². The monoisotopic (exact) mass is 520 g/mol. The maximum absolute atomic E-state index is 13.9. The van der Waals surface area contributed by atoms with Crippen molar-refractivity contribution in [1.29, 1.82) is 0 Å². The number of fused-ring (bicyclic) bond motifs is 1. The third-order valence-electron chi connectivity index (χ3n) is 6.89. The first kappa shape index (κ1) is 24.4. The van der Waals surface area contributed by atoms with Gasteiger partial charge < -0.3 is 9.47 Å². The molecule has 4 aromatic rings. The molecule has 0 N–H and O–H groups in total. The molecule has 2 aliphatic rings. The second kappa shape index (κ2) is 10.1. The number of esters is 1. The van der Waals surface area contributed by atoms with E-state index in [4.69, 9.17) is 14.3 Å². The molecule has 2 fully saturated rings. The van der Waals surface area contributed by atoms with E-state index in [1.54, 1.807) is 77.9 Å². The number of carbonyl (C=O) groups is 3. The Morgan fingerprint density at radius 2 is 1.41 bits per heavy atom. The maximum atomic E-state index is 13.9. The summed E-state index contributed by atoms with van der Waals surface area (Å²) in [5, 5.41) is 1.62. The van der Waals surface area contributed by atoms with Crippen molar-refractivity contribution < 1.29 is 28.7 Å². The van der Waals surface area contributed by atoms with E-state index in [1.807, 2.05) is 36.4 Å². The number of hydroxylamine groups is 1. The summed E-state index contributed by atoms with van der Waals surface area (Å²) in [5.41, 5.74) is 2.26. The molecular formula is C31H24N2O6. The smallest absolute Gasteiger partial charge is 0.343 e. The van der Waals surface area contributed by atoms with E-state index in [0.717, 1.165) is 10.5 Å². The molecule has 4 aromatic carbocycles. The van der Waals surface area contributed by atoms with Crippen LogP contribution in [-0.2, 0) is 14.4 Å². The summed E-state index contributed by atoms with van der Waals surface area (Å²) in [5.74, 6) is -1.33. The number of benzene rings is 4. The molecule has 39 heavy (non-hydrogen) atoms. The van der Waals surface area contributed by atoms with Crippen molar-refractivity contribution in [2.24, 2.45) is 5.92 Å². The topological polar surface area (TPSA) is 85.4 Å². The lowest BCUT2D eigenvalue weighted by Gasteiger charge is -2.29. The fraction of sp³-hybridized carbons (Fsp3) is 0.129. The van der Waals surface area contributed by atoms with Gasteiger partial charge in [0.05, 0.1) is 30.1 Å². The van der Waals surface area contributed by atoms with Crippen LogP contribution in [0.3, 0.4) is 0 Å². The van der Waals surface area contributed by atoms with Crippen molar-refractivity contribution in [3.63, 3.8) is 0 Å². The number of carbonyl (C=O) groups excluding carboxylic acids is 3. The summed E-state index contributed by atoms with van der Waals surface area (Å²) in [6.07, 6.45) is -1.01. The molecule has 0 radical (unpaired) electrons. The quantitative estimate of drug-likeness (QED) is 0.202. The van der Waals surface area contributed by atoms with Crippen LogP contribution in [0.1, 0.15) is 22.0 Å². The number of hydrogen-bond acceptors (Lipinski definition) is 7. The summed E-state index contributed by atoms with van der Waals surface area (Å²) in [6.45, 7) is 0. The van der Waals surface area contributed by atoms with E-state index in [-0.39, 0.29) is 5.91 Å². The van der Waals surface area contributed by atoms with Crippen LogP contribution in [0.15, 0.2) is 109 Å². The van der Waals surface area contributed by atoms with Gasteiger partial charge in [-0.25, -0.2) is 14.8 Å². The van der Waals surface area contributed by atoms with Gasteiger partial charge in [-0.15, -0.1) is 0 Å². The Morgan fingerprint density at radius 1 is 0.769 bits per heavy atom. The van der Waals surface area contributed by atoms with E-state index in [9.17, 15) is 14.4 Å². The van der Waals surface area contributed by atoms with E-state index >= 15 is 0 Å². The Balaban J connectivity index is 1.34. The van der Waals surface area contributed by atoms with Crippen LogP contribution in [0.25, 0.3) is 0 Å². The number of methoxy groups -OCH3 is 1. The number of imide groups is 1. The van der Waals surface area contributed by atoms with Crippen LogP contribution in [0.5, 0.6) is 11.5 Å². The Bertz CT molecular complexity index is 1520. The minimum Gasteiger partial charge on any atom is -0.495 e. The second-order valence-corrected chi connectivity index (χ2v) is 9.17. The average Bonchev–Trinajstić information content (AvgIpc) is 3.49. The van der Waals surface area contributed by atoms with Crippen LogP contribution in [0.4, 0.5) is 11.4 Å². The van der Waals surface area contributed by atoms with E-state index in [0.29, 0.717) is 28.4 Å². The number of ether oxygens (including phenoxy) is 2. The molecule has 2 saturated heterocycles. The van der Waals surface area contributed by atoms with E-state index in [1.165, 1.54) is 7.11 Å². The first-order valence-corrected chi connectivity index (χ1v) is 12.5. The van der Waals surface area contributed by atoms with Gasteiger partial charge in [0.25, 0.3) is 5.91 Å². The summed E-state index contributed by atoms with van der Waals surface area (Å²) < 4.78 is 10.9. The van der Waals surface area contributed by atoms with Crippen LogP contribution in [0.2, 0.25) is 0 Å². The standard InChI is InChI=1S/C31H24N2O6/c1-37-25-15-9-8-14-24(25)32-29(34)26-27(33(39-28(26)30(32)35)22-12-6-3-7-13-22)20-16-18-23(19-17-20)38-31(36)21-10-4-2-5-11-21/h2-19,26-28H,1H3/t26-,27-,28-/m1/s1. The lowest BCUT2D eigenvalue weighted by molar-refractivity contribution is -0.126. The number of para-hydroxylation sites is 3. The number of hydrogen-bond donors (Lipinski definition) is 0. The molecule has 0 aromatic heterocycles. The SMILES string of the molecule is COc1ccccc1N1C(=O)[C@@H]2[C@@H](c3ccc(OC(=O)c4ccccc4)cc3)N(c3ccccc3)O[C@H]2C1=O. The lowest BCUT2D eigenvalue weighted by Crippen LogP contribution is -2.37. The largest absolute Gasteiger partial charge is 0.495 e. The molecule has 0 aliphatic carbocycles. The molecule has 0 saturated carbocycles. The Labute approximate surface area is 224 Å². The number of amides is 2. The highest BCUT2D eigenvalue weighted by Gasteiger charge is 2.60. The molecule has 0 unspecified atom stereocenters. The van der Waals surface area contributed by atoms with E-state index < -0.39 is 29.9 Å². The summed E-state index contributed by atoms with van der Waals surface area (Å²) in [6, 6.07) is 31.2. The molecule has 194 valence electrons. The zero-order valence-corrected chi connectivity index (χ0v) is 21.0. The fourth-order valence-electron chi connectivity index (χ4n) is 5.08. The molecular weight excluding hydrogens is 496 g/mol. The first-order chi connectivity index (χ1) is 19.1. The Hall–Kier alpha value is -4.95. The van der Waals surface area contributed by atoms with Gasteiger partial charge in [-0.3, -0.25) is 14.4 Å². The van der Waals surface area contributed by atoms with Gasteiger partial charge in [-0.1, -0.05) is 60.7 Å². The molecule has 2 heterocycles. The zero-order chi connectivity index (χ0) is 26.9. The van der Waals surface area contributed by atoms with Gasteiger partial charge in [0.1, 0.15) is 17.4 Å². The minimum absolute atomic E-state index is 0.360. The van der Waals surface area contributed by atoms with Crippen molar-refractivity contribution in [3.8, 4) is 11.5 Å². The van der Waals surface area contributed by atoms with Crippen LogP contribution < -0.4 is 19.4 Å². The maximum Gasteiger partial charge on any atom is 0.343 e. The summed E-state index contributed by atoms with van der Waals surface area (Å²) in [4.78, 5) is 47.3. The molecule has 8 heteroatoms.